The molecular weight excluding hydrogens is 251 g/mol. The average molecular weight is 259 g/mol. The Hall–Kier alpha value is -1.37. The number of hydrogen-bond donors (Lipinski definition) is 0. The van der Waals surface area contributed by atoms with Gasteiger partial charge in [0, 0.05) is 0 Å². The van der Waals surface area contributed by atoms with Crippen molar-refractivity contribution >= 4 is 33.8 Å². The molecule has 0 aliphatic rings. The molecule has 0 atom stereocenters. The Bertz CT molecular complexity index is 640. The predicted octanol–water partition coefficient (Wildman–Crippen LogP) is 2.41. The SMILES string of the molecule is O=c1c2ccccc2[se]c2ccccc12. The number of rotatable bonds is 0. The second kappa shape index (κ2) is 3.34. The van der Waals surface area contributed by atoms with E-state index in [0.717, 1.165) is 10.8 Å². The van der Waals surface area contributed by atoms with Crippen LogP contribution in [0.5, 0.6) is 0 Å². The first-order valence-electron chi connectivity index (χ1n) is 4.77. The van der Waals surface area contributed by atoms with Gasteiger partial charge in [0.25, 0.3) is 0 Å². The summed E-state index contributed by atoms with van der Waals surface area (Å²) in [4.78, 5) is 12.1. The average Bonchev–Trinajstić information content (AvgIpc) is 2.30. The molecule has 0 saturated carbocycles. The van der Waals surface area contributed by atoms with E-state index in [1.165, 1.54) is 8.52 Å². The van der Waals surface area contributed by atoms with Crippen molar-refractivity contribution in [2.45, 2.75) is 0 Å². The van der Waals surface area contributed by atoms with Crippen molar-refractivity contribution in [3.8, 4) is 0 Å². The topological polar surface area (TPSA) is 17.1 Å². The summed E-state index contributed by atoms with van der Waals surface area (Å²) >= 11 is 0.279. The van der Waals surface area contributed by atoms with Crippen LogP contribution in [-0.4, -0.2) is 14.5 Å². The van der Waals surface area contributed by atoms with E-state index >= 15 is 0 Å². The maximum atomic E-state index is 12.1. The molecule has 0 saturated heterocycles. The summed E-state index contributed by atoms with van der Waals surface area (Å²) in [6.07, 6.45) is 0. The van der Waals surface area contributed by atoms with Gasteiger partial charge in [0.15, 0.2) is 0 Å². The van der Waals surface area contributed by atoms with E-state index in [-0.39, 0.29) is 19.9 Å². The Morgan fingerprint density at radius 3 is 1.73 bits per heavy atom. The van der Waals surface area contributed by atoms with Gasteiger partial charge < -0.3 is 0 Å². The van der Waals surface area contributed by atoms with Crippen LogP contribution in [-0.2, 0) is 0 Å². The van der Waals surface area contributed by atoms with Gasteiger partial charge in [-0.1, -0.05) is 0 Å². The zero-order chi connectivity index (χ0) is 10.3. The molecule has 3 aromatic rings. The Kier molecular flexibility index (Phi) is 1.98. The molecule has 72 valence electrons. The molecule has 2 aromatic carbocycles. The third-order valence-electron chi connectivity index (χ3n) is 2.48. The van der Waals surface area contributed by atoms with Gasteiger partial charge >= 0.3 is 92.6 Å². The van der Waals surface area contributed by atoms with E-state index in [9.17, 15) is 4.79 Å². The zero-order valence-electron chi connectivity index (χ0n) is 7.94. The van der Waals surface area contributed by atoms with E-state index < -0.39 is 0 Å². The van der Waals surface area contributed by atoms with Crippen LogP contribution >= 0.6 is 0 Å². The molecule has 15 heavy (non-hydrogen) atoms. The van der Waals surface area contributed by atoms with Crippen LogP contribution in [0.2, 0.25) is 0 Å². The Morgan fingerprint density at radius 2 is 1.20 bits per heavy atom. The van der Waals surface area contributed by atoms with Crippen LogP contribution in [0.1, 0.15) is 0 Å². The van der Waals surface area contributed by atoms with Crippen molar-refractivity contribution in [1.82, 2.24) is 0 Å². The van der Waals surface area contributed by atoms with Crippen LogP contribution in [0.3, 0.4) is 0 Å². The quantitative estimate of drug-likeness (QED) is 0.447. The first kappa shape index (κ1) is 8.90. The fourth-order valence-electron chi connectivity index (χ4n) is 1.75. The van der Waals surface area contributed by atoms with Crippen LogP contribution < -0.4 is 5.43 Å². The summed E-state index contributed by atoms with van der Waals surface area (Å²) < 4.78 is 2.41. The molecule has 1 heterocycles. The van der Waals surface area contributed by atoms with Crippen molar-refractivity contribution in [3.05, 3.63) is 58.8 Å². The van der Waals surface area contributed by atoms with Gasteiger partial charge in [-0.2, -0.15) is 0 Å². The van der Waals surface area contributed by atoms with Gasteiger partial charge in [-0.3, -0.25) is 0 Å². The van der Waals surface area contributed by atoms with E-state index in [0.29, 0.717) is 0 Å². The van der Waals surface area contributed by atoms with Crippen molar-refractivity contribution in [2.24, 2.45) is 0 Å². The number of hydrogen-bond acceptors (Lipinski definition) is 1. The Labute approximate surface area is 92.7 Å². The van der Waals surface area contributed by atoms with Crippen molar-refractivity contribution < 1.29 is 0 Å². The maximum absolute atomic E-state index is 12.1. The standard InChI is InChI=1S/C13H8OSe/c14-13-9-5-1-3-7-11(9)15-12-8-4-2-6-10(12)13/h1-8H. The fraction of sp³-hybridized carbons (Fsp3) is 0. The monoisotopic (exact) mass is 260 g/mol. The molecule has 0 aliphatic carbocycles. The second-order valence-electron chi connectivity index (χ2n) is 3.42. The Balaban J connectivity index is 2.66. The fourth-order valence-corrected chi connectivity index (χ4v) is 4.00. The van der Waals surface area contributed by atoms with Gasteiger partial charge in [-0.15, -0.1) is 0 Å². The van der Waals surface area contributed by atoms with Crippen LogP contribution in [0, 0.1) is 0 Å². The molecule has 1 aromatic heterocycles. The summed E-state index contributed by atoms with van der Waals surface area (Å²) in [6.45, 7) is 0. The van der Waals surface area contributed by atoms with E-state index in [4.69, 9.17) is 0 Å². The van der Waals surface area contributed by atoms with Gasteiger partial charge in [0.2, 0.25) is 0 Å². The molecule has 2 heteroatoms. The van der Waals surface area contributed by atoms with Crippen molar-refractivity contribution in [3.63, 3.8) is 0 Å². The molecule has 0 spiro atoms. The summed E-state index contributed by atoms with van der Waals surface area (Å²) in [5, 5.41) is 1.77. The molecule has 0 N–H and O–H groups in total. The second-order valence-corrected chi connectivity index (χ2v) is 5.70. The normalized spacial score (nSPS) is 10.9. The number of benzene rings is 2. The molecule has 3 rings (SSSR count). The molecule has 0 unspecified atom stereocenters. The van der Waals surface area contributed by atoms with E-state index in [2.05, 4.69) is 12.1 Å². The van der Waals surface area contributed by atoms with Crippen LogP contribution in [0.25, 0.3) is 19.3 Å². The summed E-state index contributed by atoms with van der Waals surface area (Å²) in [7, 11) is 0. The van der Waals surface area contributed by atoms with Gasteiger partial charge in [0.1, 0.15) is 0 Å². The first-order valence-corrected chi connectivity index (χ1v) is 6.48. The van der Waals surface area contributed by atoms with Crippen LogP contribution in [0.4, 0.5) is 0 Å². The molecule has 0 amide bonds. The summed E-state index contributed by atoms with van der Waals surface area (Å²) in [5.74, 6) is 0. The molecule has 0 fully saturated rings. The third-order valence-corrected chi connectivity index (χ3v) is 4.90. The summed E-state index contributed by atoms with van der Waals surface area (Å²) in [6, 6.07) is 15.8. The molecule has 0 radical (unpaired) electrons. The van der Waals surface area contributed by atoms with Gasteiger partial charge in [-0.25, -0.2) is 0 Å². The molecule has 0 aliphatic heterocycles. The third kappa shape index (κ3) is 1.34. The summed E-state index contributed by atoms with van der Waals surface area (Å²) in [5.41, 5.74) is 0.175. The molecule has 0 bridgehead atoms. The Morgan fingerprint density at radius 1 is 0.733 bits per heavy atom. The first-order chi connectivity index (χ1) is 7.36. The van der Waals surface area contributed by atoms with Crippen molar-refractivity contribution in [1.29, 1.82) is 0 Å². The zero-order valence-corrected chi connectivity index (χ0v) is 9.65. The predicted molar refractivity (Wildman–Crippen MR) is 64.7 cm³/mol. The van der Waals surface area contributed by atoms with Gasteiger partial charge in [0.05, 0.1) is 0 Å². The van der Waals surface area contributed by atoms with Crippen LogP contribution in [0.15, 0.2) is 53.3 Å². The minimum atomic E-state index is 0.175. The molecule has 1 nitrogen and oxygen atoms in total. The van der Waals surface area contributed by atoms with Crippen molar-refractivity contribution in [2.75, 3.05) is 0 Å². The van der Waals surface area contributed by atoms with Gasteiger partial charge in [-0.05, 0) is 0 Å². The minimum absolute atomic E-state index is 0.175. The number of fused-ring (bicyclic) bond motifs is 2. The van der Waals surface area contributed by atoms with E-state index in [1.807, 2.05) is 36.4 Å². The van der Waals surface area contributed by atoms with E-state index in [1.54, 1.807) is 0 Å². The molecular formula is C13H8OSe.